The van der Waals surface area contributed by atoms with E-state index in [4.69, 9.17) is 4.74 Å². The summed E-state index contributed by atoms with van der Waals surface area (Å²) >= 11 is 0. The van der Waals surface area contributed by atoms with Crippen molar-refractivity contribution >= 4 is 0 Å². The third kappa shape index (κ3) is 3.25. The molecule has 0 spiro atoms. The van der Waals surface area contributed by atoms with E-state index in [9.17, 15) is 15.0 Å². The van der Waals surface area contributed by atoms with Gasteiger partial charge in [0.25, 0.3) is 0 Å². The number of benzene rings is 1. The van der Waals surface area contributed by atoms with Crippen molar-refractivity contribution in [1.82, 2.24) is 4.57 Å². The number of ether oxygens (including phenoxy) is 1. The van der Waals surface area contributed by atoms with Gasteiger partial charge in [-0.2, -0.15) is 0 Å². The van der Waals surface area contributed by atoms with Crippen LogP contribution in [0.2, 0.25) is 0 Å². The number of pyridine rings is 1. The lowest BCUT2D eigenvalue weighted by Crippen LogP contribution is -2.17. The Morgan fingerprint density at radius 3 is 2.33 bits per heavy atom. The molecule has 0 saturated carbocycles. The van der Waals surface area contributed by atoms with Crippen LogP contribution in [0.5, 0.6) is 11.5 Å². The van der Waals surface area contributed by atoms with Crippen LogP contribution in [0.4, 0.5) is 0 Å². The molecule has 2 aromatic rings. The number of rotatable bonds is 4. The average molecular weight is 289 g/mol. The van der Waals surface area contributed by atoms with E-state index in [1.807, 2.05) is 18.4 Å². The molecule has 21 heavy (non-hydrogen) atoms. The molecule has 1 aromatic heterocycles. The Hall–Kier alpha value is -2.27. The molecule has 1 unspecified atom stereocenters. The van der Waals surface area contributed by atoms with Gasteiger partial charge < -0.3 is 19.5 Å². The molecule has 0 aliphatic carbocycles. The number of nitrogens with zero attached hydrogens (tertiary/aromatic N) is 1. The number of hydrogen-bond donors (Lipinski definition) is 2. The van der Waals surface area contributed by atoms with Crippen LogP contribution >= 0.6 is 0 Å². The van der Waals surface area contributed by atoms with Crippen LogP contribution in [0, 0.1) is 13.8 Å². The minimum Gasteiger partial charge on any atom is -0.504 e. The van der Waals surface area contributed by atoms with Gasteiger partial charge in [-0.15, -0.1) is 0 Å². The summed E-state index contributed by atoms with van der Waals surface area (Å²) in [7, 11) is 1.47. The van der Waals surface area contributed by atoms with Crippen molar-refractivity contribution in [2.45, 2.75) is 26.5 Å². The maximum atomic E-state index is 11.4. The van der Waals surface area contributed by atoms with E-state index in [0.717, 1.165) is 11.4 Å². The van der Waals surface area contributed by atoms with Crippen LogP contribution in [0.1, 0.15) is 23.1 Å². The van der Waals surface area contributed by atoms with Gasteiger partial charge in [0, 0.05) is 23.5 Å². The summed E-state index contributed by atoms with van der Waals surface area (Å²) in [6, 6.07) is 7.86. The highest BCUT2D eigenvalue weighted by Gasteiger charge is 2.13. The molecule has 2 rings (SSSR count). The first-order valence-electron chi connectivity index (χ1n) is 6.65. The second kappa shape index (κ2) is 6.01. The molecule has 0 aliphatic heterocycles. The first-order valence-corrected chi connectivity index (χ1v) is 6.65. The van der Waals surface area contributed by atoms with Crippen molar-refractivity contribution < 1.29 is 14.9 Å². The molecule has 0 amide bonds. The Morgan fingerprint density at radius 2 is 1.81 bits per heavy atom. The zero-order valence-electron chi connectivity index (χ0n) is 12.3. The van der Waals surface area contributed by atoms with Gasteiger partial charge in [0.2, 0.25) is 0 Å². The number of aromatic nitrogens is 1. The second-order valence-corrected chi connectivity index (χ2v) is 5.03. The van der Waals surface area contributed by atoms with E-state index in [0.29, 0.717) is 17.9 Å². The van der Waals surface area contributed by atoms with Crippen molar-refractivity contribution in [2.24, 2.45) is 0 Å². The van der Waals surface area contributed by atoms with Gasteiger partial charge in [-0.25, -0.2) is 0 Å². The van der Waals surface area contributed by atoms with Crippen LogP contribution in [-0.2, 0) is 6.54 Å². The maximum absolute atomic E-state index is 11.4. The van der Waals surface area contributed by atoms with Crippen molar-refractivity contribution in [3.05, 3.63) is 57.5 Å². The molecule has 5 heteroatoms. The minimum atomic E-state index is -0.790. The lowest BCUT2D eigenvalue weighted by molar-refractivity contribution is 0.154. The SMILES string of the molecule is COc1ccc(C(O)Cn2c(C)cc(=O)cc2C)cc1O. The molecule has 2 N–H and O–H groups in total. The highest BCUT2D eigenvalue weighted by atomic mass is 16.5. The highest BCUT2D eigenvalue weighted by molar-refractivity contribution is 5.42. The third-order valence-electron chi connectivity index (χ3n) is 3.50. The number of aromatic hydroxyl groups is 1. The van der Waals surface area contributed by atoms with Gasteiger partial charge in [-0.3, -0.25) is 4.79 Å². The molecule has 0 aliphatic rings. The minimum absolute atomic E-state index is 0.0117. The number of aryl methyl sites for hydroxylation is 2. The summed E-state index contributed by atoms with van der Waals surface area (Å²) in [6.45, 7) is 3.96. The number of aliphatic hydroxyl groups is 1. The predicted octanol–water partition coefficient (Wildman–Crippen LogP) is 1.91. The van der Waals surface area contributed by atoms with E-state index in [-0.39, 0.29) is 11.2 Å². The summed E-state index contributed by atoms with van der Waals surface area (Å²) < 4.78 is 6.85. The van der Waals surface area contributed by atoms with E-state index < -0.39 is 6.10 Å². The van der Waals surface area contributed by atoms with Crippen LogP contribution in [0.3, 0.4) is 0 Å². The Bertz CT molecular complexity index is 680. The van der Waals surface area contributed by atoms with Crippen molar-refractivity contribution in [1.29, 1.82) is 0 Å². The molecule has 0 radical (unpaired) electrons. The number of methoxy groups -OCH3 is 1. The summed E-state index contributed by atoms with van der Waals surface area (Å²) in [5, 5.41) is 20.1. The van der Waals surface area contributed by atoms with E-state index in [1.165, 1.54) is 25.3 Å². The Labute approximate surface area is 123 Å². The maximum Gasteiger partial charge on any atom is 0.182 e. The predicted molar refractivity (Wildman–Crippen MR) is 79.8 cm³/mol. The molecule has 0 fully saturated rings. The summed E-state index contributed by atoms with van der Waals surface area (Å²) in [4.78, 5) is 11.4. The molecule has 112 valence electrons. The summed E-state index contributed by atoms with van der Waals surface area (Å²) in [5.41, 5.74) is 2.12. The molecule has 1 atom stereocenters. The van der Waals surface area contributed by atoms with Crippen molar-refractivity contribution in [3.63, 3.8) is 0 Å². The molecular formula is C16H19NO4. The lowest BCUT2D eigenvalue weighted by Gasteiger charge is -2.19. The van der Waals surface area contributed by atoms with Crippen LogP contribution in [-0.4, -0.2) is 21.9 Å². The number of hydrogen-bond acceptors (Lipinski definition) is 4. The first-order chi connectivity index (χ1) is 9.92. The van der Waals surface area contributed by atoms with Gasteiger partial charge in [0.15, 0.2) is 16.9 Å². The van der Waals surface area contributed by atoms with Gasteiger partial charge >= 0.3 is 0 Å². The molecule has 1 aromatic carbocycles. The van der Waals surface area contributed by atoms with Gasteiger partial charge in [-0.05, 0) is 31.5 Å². The summed E-state index contributed by atoms with van der Waals surface area (Å²) in [6.07, 6.45) is -0.790. The molecule has 0 saturated heterocycles. The van der Waals surface area contributed by atoms with Gasteiger partial charge in [-0.1, -0.05) is 6.07 Å². The molecular weight excluding hydrogens is 270 g/mol. The van der Waals surface area contributed by atoms with Crippen molar-refractivity contribution in [2.75, 3.05) is 7.11 Å². The molecule has 5 nitrogen and oxygen atoms in total. The Balaban J connectivity index is 2.28. The number of phenols is 1. The number of phenolic OH excluding ortho intramolecular Hbond substituents is 1. The lowest BCUT2D eigenvalue weighted by atomic mass is 10.1. The van der Waals surface area contributed by atoms with E-state index in [1.54, 1.807) is 12.1 Å². The summed E-state index contributed by atoms with van der Waals surface area (Å²) in [5.74, 6) is 0.351. The zero-order valence-corrected chi connectivity index (χ0v) is 12.3. The first kappa shape index (κ1) is 15.1. The van der Waals surface area contributed by atoms with Crippen LogP contribution in [0.25, 0.3) is 0 Å². The molecule has 0 bridgehead atoms. The zero-order chi connectivity index (χ0) is 15.6. The number of aliphatic hydroxyl groups excluding tert-OH is 1. The average Bonchev–Trinajstić information content (AvgIpc) is 2.42. The topological polar surface area (TPSA) is 71.7 Å². The quantitative estimate of drug-likeness (QED) is 0.902. The molecule has 1 heterocycles. The fourth-order valence-corrected chi connectivity index (χ4v) is 2.37. The van der Waals surface area contributed by atoms with Crippen LogP contribution < -0.4 is 10.2 Å². The van der Waals surface area contributed by atoms with Gasteiger partial charge in [0.05, 0.1) is 19.8 Å². The smallest absolute Gasteiger partial charge is 0.182 e. The van der Waals surface area contributed by atoms with E-state index >= 15 is 0 Å². The fraction of sp³-hybridized carbons (Fsp3) is 0.312. The monoisotopic (exact) mass is 289 g/mol. The second-order valence-electron chi connectivity index (χ2n) is 5.03. The standard InChI is InChI=1S/C16H19NO4/c1-10-6-13(18)7-11(2)17(10)9-15(20)12-4-5-16(21-3)14(19)8-12/h4-8,15,19-20H,9H2,1-3H3. The van der Waals surface area contributed by atoms with Crippen LogP contribution in [0.15, 0.2) is 35.1 Å². The highest BCUT2D eigenvalue weighted by Crippen LogP contribution is 2.29. The normalized spacial score (nSPS) is 12.2. The third-order valence-corrected chi connectivity index (χ3v) is 3.50. The van der Waals surface area contributed by atoms with Crippen molar-refractivity contribution in [3.8, 4) is 11.5 Å². The Morgan fingerprint density at radius 1 is 1.19 bits per heavy atom. The largest absolute Gasteiger partial charge is 0.504 e. The van der Waals surface area contributed by atoms with Gasteiger partial charge in [0.1, 0.15) is 0 Å². The Kier molecular flexibility index (Phi) is 4.33. The van der Waals surface area contributed by atoms with E-state index in [2.05, 4.69) is 0 Å². The fourth-order valence-electron chi connectivity index (χ4n) is 2.37.